The minimum absolute atomic E-state index is 0.144. The zero-order valence-corrected chi connectivity index (χ0v) is 10.9. The van der Waals surface area contributed by atoms with Gasteiger partial charge in [0.1, 0.15) is 18.4 Å². The molecule has 0 aliphatic carbocycles. The molecule has 0 rings (SSSR count). The third kappa shape index (κ3) is 7.20. The van der Waals surface area contributed by atoms with Crippen molar-refractivity contribution in [2.24, 2.45) is 0 Å². The molecular weight excluding hydrogens is 252 g/mol. The molecule has 0 heterocycles. The number of carbonyl (C=O) groups is 3. The number of aliphatic carboxylic acids is 2. The van der Waals surface area contributed by atoms with Crippen LogP contribution in [0, 0.1) is 0 Å². The normalized spacial score (nSPS) is 13.3. The SMILES string of the molecule is C=C(CC[C@H](NC)C(=O)O)NC(CCC=O)C(=O)O. The van der Waals surface area contributed by atoms with Gasteiger partial charge in [-0.25, -0.2) is 4.79 Å². The van der Waals surface area contributed by atoms with Crippen LogP contribution in [0.1, 0.15) is 25.7 Å². The van der Waals surface area contributed by atoms with Gasteiger partial charge < -0.3 is 25.6 Å². The third-order valence-electron chi connectivity index (χ3n) is 2.63. The van der Waals surface area contributed by atoms with Crippen LogP contribution in [-0.4, -0.2) is 47.6 Å². The Morgan fingerprint density at radius 3 is 2.21 bits per heavy atom. The van der Waals surface area contributed by atoms with Crippen molar-refractivity contribution in [3.05, 3.63) is 12.3 Å². The predicted molar refractivity (Wildman–Crippen MR) is 68.7 cm³/mol. The second-order valence-electron chi connectivity index (χ2n) is 4.10. The summed E-state index contributed by atoms with van der Waals surface area (Å²) in [5.41, 5.74) is 0.444. The number of carboxylic acids is 2. The Kier molecular flexibility index (Phi) is 8.19. The minimum atomic E-state index is -1.06. The Morgan fingerprint density at radius 1 is 1.21 bits per heavy atom. The van der Waals surface area contributed by atoms with Gasteiger partial charge >= 0.3 is 11.9 Å². The summed E-state index contributed by atoms with van der Waals surface area (Å²) in [4.78, 5) is 31.9. The van der Waals surface area contributed by atoms with E-state index in [1.165, 1.54) is 0 Å². The molecule has 0 aromatic rings. The third-order valence-corrected chi connectivity index (χ3v) is 2.63. The average molecular weight is 272 g/mol. The van der Waals surface area contributed by atoms with E-state index in [0.29, 0.717) is 24.8 Å². The topological polar surface area (TPSA) is 116 Å². The number of hydrogen-bond acceptors (Lipinski definition) is 5. The van der Waals surface area contributed by atoms with Crippen LogP contribution >= 0.6 is 0 Å². The molecule has 108 valence electrons. The smallest absolute Gasteiger partial charge is 0.326 e. The highest BCUT2D eigenvalue weighted by molar-refractivity contribution is 5.74. The van der Waals surface area contributed by atoms with Crippen LogP contribution in [0.2, 0.25) is 0 Å². The van der Waals surface area contributed by atoms with Gasteiger partial charge in [-0.15, -0.1) is 0 Å². The predicted octanol–water partition coefficient (Wildman–Crippen LogP) is -0.0252. The molecule has 0 aromatic carbocycles. The standard InChI is InChI=1S/C12H20N2O5/c1-8(5-6-9(13-2)11(16)17)14-10(12(18)19)4-3-7-15/h7,9-10,13-14H,1,3-6H2,2H3,(H,16,17)(H,18,19)/t9-,10?/m0/s1. The summed E-state index contributed by atoms with van der Waals surface area (Å²) in [6.45, 7) is 3.67. The molecule has 0 amide bonds. The van der Waals surface area contributed by atoms with Crippen molar-refractivity contribution in [1.82, 2.24) is 10.6 Å². The molecule has 0 saturated heterocycles. The fraction of sp³-hybridized carbons (Fsp3) is 0.583. The van der Waals surface area contributed by atoms with Crippen LogP contribution < -0.4 is 10.6 Å². The van der Waals surface area contributed by atoms with Crippen molar-refractivity contribution >= 4 is 18.2 Å². The second kappa shape index (κ2) is 9.09. The minimum Gasteiger partial charge on any atom is -0.480 e. The summed E-state index contributed by atoms with van der Waals surface area (Å²) >= 11 is 0. The van der Waals surface area contributed by atoms with E-state index >= 15 is 0 Å². The van der Waals surface area contributed by atoms with Gasteiger partial charge in [-0.05, 0) is 26.3 Å². The molecule has 0 saturated carbocycles. The van der Waals surface area contributed by atoms with E-state index in [9.17, 15) is 14.4 Å². The lowest BCUT2D eigenvalue weighted by molar-refractivity contribution is -0.140. The van der Waals surface area contributed by atoms with E-state index in [-0.39, 0.29) is 12.8 Å². The van der Waals surface area contributed by atoms with Gasteiger partial charge in [0.05, 0.1) is 0 Å². The first-order valence-corrected chi connectivity index (χ1v) is 5.93. The van der Waals surface area contributed by atoms with Gasteiger partial charge in [0.2, 0.25) is 0 Å². The largest absolute Gasteiger partial charge is 0.480 e. The van der Waals surface area contributed by atoms with Crippen molar-refractivity contribution in [2.45, 2.75) is 37.8 Å². The van der Waals surface area contributed by atoms with Gasteiger partial charge in [-0.2, -0.15) is 0 Å². The molecule has 0 aliphatic heterocycles. The molecule has 7 heteroatoms. The summed E-state index contributed by atoms with van der Waals surface area (Å²) in [6, 6.07) is -1.58. The maximum Gasteiger partial charge on any atom is 0.326 e. The number of carboxylic acid groups (broad SMARTS) is 2. The molecule has 0 bridgehead atoms. The van der Waals surface area contributed by atoms with Crippen LogP contribution in [0.4, 0.5) is 0 Å². The monoisotopic (exact) mass is 272 g/mol. The molecule has 4 N–H and O–H groups in total. The van der Waals surface area contributed by atoms with E-state index in [1.54, 1.807) is 7.05 Å². The van der Waals surface area contributed by atoms with E-state index in [0.717, 1.165) is 0 Å². The van der Waals surface area contributed by atoms with Crippen LogP contribution in [-0.2, 0) is 14.4 Å². The molecule has 0 aromatic heterocycles. The summed E-state index contributed by atoms with van der Waals surface area (Å²) in [6.07, 6.45) is 1.61. The first-order chi connectivity index (χ1) is 8.92. The van der Waals surface area contributed by atoms with Gasteiger partial charge in [0, 0.05) is 12.1 Å². The van der Waals surface area contributed by atoms with Gasteiger partial charge in [-0.3, -0.25) is 4.79 Å². The molecule has 2 atom stereocenters. The van der Waals surface area contributed by atoms with Crippen molar-refractivity contribution < 1.29 is 24.6 Å². The Bertz CT molecular complexity index is 343. The molecule has 0 aliphatic rings. The first kappa shape index (κ1) is 17.1. The van der Waals surface area contributed by atoms with Crippen molar-refractivity contribution in [2.75, 3.05) is 7.05 Å². The number of likely N-dealkylation sites (N-methyl/N-ethyl adjacent to an activating group) is 1. The Hall–Kier alpha value is -1.89. The average Bonchev–Trinajstić information content (AvgIpc) is 2.34. The molecule has 0 fully saturated rings. The lowest BCUT2D eigenvalue weighted by Crippen LogP contribution is -2.37. The maximum absolute atomic E-state index is 10.9. The summed E-state index contributed by atoms with van der Waals surface area (Å²) in [5.74, 6) is -2.03. The Labute approximate surface area is 111 Å². The highest BCUT2D eigenvalue weighted by Crippen LogP contribution is 2.06. The van der Waals surface area contributed by atoms with Crippen LogP contribution in [0.5, 0.6) is 0 Å². The van der Waals surface area contributed by atoms with E-state index in [1.807, 2.05) is 0 Å². The van der Waals surface area contributed by atoms with Crippen LogP contribution in [0.25, 0.3) is 0 Å². The van der Waals surface area contributed by atoms with Crippen molar-refractivity contribution in [3.63, 3.8) is 0 Å². The number of hydrogen-bond donors (Lipinski definition) is 4. The lowest BCUT2D eigenvalue weighted by atomic mass is 10.1. The summed E-state index contributed by atoms with van der Waals surface area (Å²) < 4.78 is 0. The zero-order valence-electron chi connectivity index (χ0n) is 10.9. The second-order valence-corrected chi connectivity index (χ2v) is 4.10. The number of rotatable bonds is 11. The fourth-order valence-corrected chi connectivity index (χ4v) is 1.52. The summed E-state index contributed by atoms with van der Waals surface area (Å²) in [7, 11) is 1.54. The van der Waals surface area contributed by atoms with Crippen LogP contribution in [0.15, 0.2) is 12.3 Å². The van der Waals surface area contributed by atoms with Gasteiger partial charge in [0.25, 0.3) is 0 Å². The molecular formula is C12H20N2O5. The number of allylic oxidation sites excluding steroid dienone is 1. The molecule has 7 nitrogen and oxygen atoms in total. The highest BCUT2D eigenvalue weighted by atomic mass is 16.4. The number of carbonyl (C=O) groups excluding carboxylic acids is 1. The van der Waals surface area contributed by atoms with Crippen LogP contribution in [0.3, 0.4) is 0 Å². The Morgan fingerprint density at radius 2 is 1.79 bits per heavy atom. The van der Waals surface area contributed by atoms with Gasteiger partial charge in [-0.1, -0.05) is 6.58 Å². The first-order valence-electron chi connectivity index (χ1n) is 5.93. The number of nitrogens with one attached hydrogen (secondary N) is 2. The Balaban J connectivity index is 4.22. The fourth-order valence-electron chi connectivity index (χ4n) is 1.52. The van der Waals surface area contributed by atoms with Crippen molar-refractivity contribution in [1.29, 1.82) is 0 Å². The summed E-state index contributed by atoms with van der Waals surface area (Å²) in [5, 5.41) is 23.1. The molecule has 19 heavy (non-hydrogen) atoms. The van der Waals surface area contributed by atoms with Crippen molar-refractivity contribution in [3.8, 4) is 0 Å². The highest BCUT2D eigenvalue weighted by Gasteiger charge is 2.19. The lowest BCUT2D eigenvalue weighted by Gasteiger charge is -2.18. The quantitative estimate of drug-likeness (QED) is 0.390. The van der Waals surface area contributed by atoms with E-state index in [2.05, 4.69) is 17.2 Å². The number of aldehydes is 1. The maximum atomic E-state index is 10.9. The van der Waals surface area contributed by atoms with E-state index in [4.69, 9.17) is 10.2 Å². The molecule has 0 spiro atoms. The van der Waals surface area contributed by atoms with Gasteiger partial charge in [0.15, 0.2) is 0 Å². The molecule has 0 radical (unpaired) electrons. The van der Waals surface area contributed by atoms with E-state index < -0.39 is 24.0 Å². The molecule has 1 unspecified atom stereocenters. The zero-order chi connectivity index (χ0) is 14.8.